The van der Waals surface area contributed by atoms with Gasteiger partial charge in [-0.05, 0) is 25.0 Å². The molecule has 1 aliphatic rings. The van der Waals surface area contributed by atoms with Crippen molar-refractivity contribution in [2.75, 3.05) is 0 Å². The summed E-state index contributed by atoms with van der Waals surface area (Å²) in [7, 11) is 0. The Morgan fingerprint density at radius 3 is 2.85 bits per heavy atom. The number of hydrogen-bond acceptors (Lipinski definition) is 4. The van der Waals surface area contributed by atoms with Gasteiger partial charge in [-0.3, -0.25) is 5.32 Å². The number of hydrogen-bond donors (Lipinski definition) is 1. The maximum absolute atomic E-state index is 9.28. The van der Waals surface area contributed by atoms with Gasteiger partial charge in [0.25, 0.3) is 0 Å². The van der Waals surface area contributed by atoms with Crippen LogP contribution in [0.2, 0.25) is 0 Å². The van der Waals surface area contributed by atoms with E-state index in [-0.39, 0.29) is 12.5 Å². The van der Waals surface area contributed by atoms with Crippen molar-refractivity contribution in [3.63, 3.8) is 0 Å². The molecule has 1 unspecified atom stereocenters. The Kier molecular flexibility index (Phi) is 3.37. The highest BCUT2D eigenvalue weighted by Crippen LogP contribution is 2.21. The lowest BCUT2D eigenvalue weighted by Gasteiger charge is -2.14. The first-order chi connectivity index (χ1) is 9.81. The largest absolute Gasteiger partial charge is 0.324 e. The molecule has 2 aromatic rings. The molecule has 1 aromatic heterocycles. The minimum atomic E-state index is -0.238. The average Bonchev–Trinajstić information content (AvgIpc) is 3.22. The quantitative estimate of drug-likeness (QED) is 0.893. The third-order valence-electron chi connectivity index (χ3n) is 3.51. The van der Waals surface area contributed by atoms with E-state index >= 15 is 0 Å². The lowest BCUT2D eigenvalue weighted by Crippen LogP contribution is -2.34. The third kappa shape index (κ3) is 2.49. The van der Waals surface area contributed by atoms with E-state index in [4.69, 9.17) is 5.26 Å². The Morgan fingerprint density at radius 1 is 1.35 bits per heavy atom. The van der Waals surface area contributed by atoms with Crippen molar-refractivity contribution in [1.82, 2.24) is 14.9 Å². The summed E-state index contributed by atoms with van der Waals surface area (Å²) in [5.41, 5.74) is 1.86. The summed E-state index contributed by atoms with van der Waals surface area (Å²) < 4.78 is 1.99. The number of nitrogens with one attached hydrogen (secondary N) is 1. The van der Waals surface area contributed by atoms with Gasteiger partial charge >= 0.3 is 0 Å². The van der Waals surface area contributed by atoms with Crippen LogP contribution in [0, 0.1) is 22.7 Å². The number of rotatable bonds is 5. The van der Waals surface area contributed by atoms with Gasteiger partial charge in [-0.25, -0.2) is 4.98 Å². The molecule has 20 heavy (non-hydrogen) atoms. The maximum Gasteiger partial charge on any atom is 0.124 e. The zero-order valence-corrected chi connectivity index (χ0v) is 11.1. The van der Waals surface area contributed by atoms with E-state index in [0.717, 1.165) is 29.7 Å². The van der Waals surface area contributed by atoms with Crippen LogP contribution in [0.4, 0.5) is 0 Å². The molecule has 1 atom stereocenters. The number of para-hydroxylation sites is 2. The molecule has 1 fully saturated rings. The van der Waals surface area contributed by atoms with Gasteiger partial charge in [0.15, 0.2) is 0 Å². The van der Waals surface area contributed by atoms with Crippen LogP contribution in [0.25, 0.3) is 11.0 Å². The second-order valence-electron chi connectivity index (χ2n) is 5.08. The normalized spacial score (nSPS) is 15.7. The summed E-state index contributed by atoms with van der Waals surface area (Å²) in [5, 5.41) is 21.5. The molecular formula is C15H15N5. The second-order valence-corrected chi connectivity index (χ2v) is 5.08. The van der Waals surface area contributed by atoms with Crippen LogP contribution >= 0.6 is 0 Å². The number of imidazole rings is 1. The first kappa shape index (κ1) is 12.7. The Balaban J connectivity index is 1.93. The summed E-state index contributed by atoms with van der Waals surface area (Å²) >= 11 is 0. The highest BCUT2D eigenvalue weighted by molar-refractivity contribution is 5.76. The van der Waals surface area contributed by atoms with Crippen molar-refractivity contribution >= 4 is 11.0 Å². The summed E-state index contributed by atoms with van der Waals surface area (Å²) in [6.07, 6.45) is 2.55. The molecule has 1 heterocycles. The van der Waals surface area contributed by atoms with Gasteiger partial charge in [0, 0.05) is 6.04 Å². The van der Waals surface area contributed by atoms with Gasteiger partial charge in [-0.1, -0.05) is 12.1 Å². The first-order valence-corrected chi connectivity index (χ1v) is 6.78. The zero-order valence-electron chi connectivity index (χ0n) is 11.1. The smallest absolute Gasteiger partial charge is 0.124 e. The van der Waals surface area contributed by atoms with Crippen LogP contribution in [0.1, 0.15) is 18.7 Å². The second kappa shape index (κ2) is 5.32. The SMILES string of the molecule is N#CCc1nc2ccccc2n1CC(C#N)NC1CC1. The van der Waals surface area contributed by atoms with Crippen LogP contribution in [0.15, 0.2) is 24.3 Å². The summed E-state index contributed by atoms with van der Waals surface area (Å²) in [6.45, 7) is 0.532. The van der Waals surface area contributed by atoms with Crippen molar-refractivity contribution in [3.8, 4) is 12.1 Å². The van der Waals surface area contributed by atoms with Gasteiger partial charge in [-0.2, -0.15) is 10.5 Å². The molecule has 0 amide bonds. The number of aromatic nitrogens is 2. The third-order valence-corrected chi connectivity index (χ3v) is 3.51. The maximum atomic E-state index is 9.28. The molecule has 1 aliphatic carbocycles. The van der Waals surface area contributed by atoms with Gasteiger partial charge in [0.1, 0.15) is 11.9 Å². The highest BCUT2D eigenvalue weighted by atomic mass is 15.1. The van der Waals surface area contributed by atoms with E-state index in [1.54, 1.807) is 0 Å². The number of fused-ring (bicyclic) bond motifs is 1. The van der Waals surface area contributed by atoms with Gasteiger partial charge < -0.3 is 4.57 Å². The van der Waals surface area contributed by atoms with Gasteiger partial charge in [0.2, 0.25) is 0 Å². The zero-order chi connectivity index (χ0) is 13.9. The predicted molar refractivity (Wildman–Crippen MR) is 74.6 cm³/mol. The number of nitrogens with zero attached hydrogens (tertiary/aromatic N) is 4. The fourth-order valence-electron chi connectivity index (χ4n) is 2.38. The molecular weight excluding hydrogens is 250 g/mol. The number of nitriles is 2. The molecule has 0 aliphatic heterocycles. The Morgan fingerprint density at radius 2 is 2.15 bits per heavy atom. The molecule has 5 heteroatoms. The first-order valence-electron chi connectivity index (χ1n) is 6.78. The van der Waals surface area contributed by atoms with E-state index in [0.29, 0.717) is 12.6 Å². The molecule has 1 N–H and O–H groups in total. The summed E-state index contributed by atoms with van der Waals surface area (Å²) in [5.74, 6) is 0.728. The van der Waals surface area contributed by atoms with E-state index in [9.17, 15) is 5.26 Å². The molecule has 5 nitrogen and oxygen atoms in total. The lowest BCUT2D eigenvalue weighted by molar-refractivity contribution is 0.518. The van der Waals surface area contributed by atoms with Crippen molar-refractivity contribution in [2.45, 2.75) is 37.9 Å². The Bertz CT molecular complexity index is 699. The molecule has 100 valence electrons. The van der Waals surface area contributed by atoms with Crippen LogP contribution in [-0.2, 0) is 13.0 Å². The number of benzene rings is 1. The molecule has 0 saturated heterocycles. The van der Waals surface area contributed by atoms with Crippen LogP contribution in [0.5, 0.6) is 0 Å². The van der Waals surface area contributed by atoms with Crippen LogP contribution in [0.3, 0.4) is 0 Å². The lowest BCUT2D eigenvalue weighted by atomic mass is 10.2. The monoisotopic (exact) mass is 265 g/mol. The van der Waals surface area contributed by atoms with Crippen LogP contribution in [-0.4, -0.2) is 21.6 Å². The van der Waals surface area contributed by atoms with Crippen molar-refractivity contribution in [1.29, 1.82) is 10.5 Å². The van der Waals surface area contributed by atoms with Crippen LogP contribution < -0.4 is 5.32 Å². The topological polar surface area (TPSA) is 77.4 Å². The average molecular weight is 265 g/mol. The molecule has 0 radical (unpaired) electrons. The van der Waals surface area contributed by atoms with Crippen molar-refractivity contribution in [3.05, 3.63) is 30.1 Å². The molecule has 1 aromatic carbocycles. The fourth-order valence-corrected chi connectivity index (χ4v) is 2.38. The highest BCUT2D eigenvalue weighted by Gasteiger charge is 2.25. The van der Waals surface area contributed by atoms with Crippen molar-refractivity contribution < 1.29 is 0 Å². The minimum Gasteiger partial charge on any atom is -0.324 e. The molecule has 3 rings (SSSR count). The van der Waals surface area contributed by atoms with E-state index in [1.165, 1.54) is 0 Å². The van der Waals surface area contributed by atoms with E-state index < -0.39 is 0 Å². The Labute approximate surface area is 117 Å². The van der Waals surface area contributed by atoms with Gasteiger partial charge in [0.05, 0.1) is 36.1 Å². The van der Waals surface area contributed by atoms with E-state index in [1.807, 2.05) is 28.8 Å². The fraction of sp³-hybridized carbons (Fsp3) is 0.400. The predicted octanol–water partition coefficient (Wildman–Crippen LogP) is 1.75. The molecule has 0 spiro atoms. The van der Waals surface area contributed by atoms with Crippen molar-refractivity contribution in [2.24, 2.45) is 0 Å². The van der Waals surface area contributed by atoms with E-state index in [2.05, 4.69) is 22.4 Å². The molecule has 1 saturated carbocycles. The summed E-state index contributed by atoms with van der Waals surface area (Å²) in [4.78, 5) is 4.49. The summed E-state index contributed by atoms with van der Waals surface area (Å²) in [6, 6.07) is 12.5. The standard InChI is InChI=1S/C15H15N5/c16-8-7-15-19-13-3-1-2-4-14(13)20(15)10-12(9-17)18-11-5-6-11/h1-4,11-12,18H,5-7,10H2. The van der Waals surface area contributed by atoms with Gasteiger partial charge in [-0.15, -0.1) is 0 Å². The molecule has 0 bridgehead atoms. The Hall–Kier alpha value is -2.37. The minimum absolute atomic E-state index is 0.238.